The molecule has 0 bridgehead atoms. The van der Waals surface area contributed by atoms with Crippen LogP contribution in [0, 0.1) is 0 Å². The highest BCUT2D eigenvalue weighted by Gasteiger charge is 2.13. The number of amides is 1. The van der Waals surface area contributed by atoms with Crippen molar-refractivity contribution in [3.05, 3.63) is 96.3 Å². The van der Waals surface area contributed by atoms with E-state index >= 15 is 0 Å². The van der Waals surface area contributed by atoms with Crippen LogP contribution in [-0.4, -0.2) is 20.9 Å². The van der Waals surface area contributed by atoms with E-state index in [4.69, 9.17) is 5.73 Å². The van der Waals surface area contributed by atoms with Crippen molar-refractivity contribution >= 4 is 17.3 Å². The molecule has 0 aliphatic heterocycles. The maximum Gasteiger partial charge on any atom is 0.277 e. The molecular formula is C24H23N5O. The number of nitrogens with zero attached hydrogens (tertiary/aromatic N) is 3. The van der Waals surface area contributed by atoms with Gasteiger partial charge in [0, 0.05) is 6.54 Å². The van der Waals surface area contributed by atoms with Crippen LogP contribution < -0.4 is 11.1 Å². The van der Waals surface area contributed by atoms with E-state index in [0.29, 0.717) is 17.9 Å². The van der Waals surface area contributed by atoms with Gasteiger partial charge in [0.05, 0.1) is 17.6 Å². The van der Waals surface area contributed by atoms with Crippen molar-refractivity contribution < 1.29 is 4.79 Å². The number of carbonyl (C=O) groups is 1. The highest BCUT2D eigenvalue weighted by molar-refractivity contribution is 6.04. The van der Waals surface area contributed by atoms with Gasteiger partial charge in [0.15, 0.2) is 5.69 Å². The molecule has 3 N–H and O–H groups in total. The van der Waals surface area contributed by atoms with E-state index in [0.717, 1.165) is 24.0 Å². The summed E-state index contributed by atoms with van der Waals surface area (Å²) >= 11 is 0. The van der Waals surface area contributed by atoms with Crippen molar-refractivity contribution in [2.24, 2.45) is 0 Å². The number of anilines is 2. The standard InChI is InChI=1S/C24H23N5O/c25-21-14-13-20(19-11-5-2-6-12-19)16-22(21)26-24(30)23-17-29(28-27-23)15-7-10-18-8-3-1-4-9-18/h1-6,8-9,11-14,16-17H,7,10,15,25H2,(H,26,30). The highest BCUT2D eigenvalue weighted by atomic mass is 16.2. The van der Waals surface area contributed by atoms with Crippen LogP contribution in [0.1, 0.15) is 22.5 Å². The predicted octanol–water partition coefficient (Wildman–Crippen LogP) is 4.41. The Hall–Kier alpha value is -3.93. The predicted molar refractivity (Wildman–Crippen MR) is 119 cm³/mol. The van der Waals surface area contributed by atoms with Crippen molar-refractivity contribution in [2.75, 3.05) is 11.1 Å². The van der Waals surface area contributed by atoms with Crippen molar-refractivity contribution in [1.29, 1.82) is 0 Å². The molecule has 30 heavy (non-hydrogen) atoms. The molecule has 0 saturated heterocycles. The van der Waals surface area contributed by atoms with Gasteiger partial charge >= 0.3 is 0 Å². The molecule has 0 aliphatic carbocycles. The fourth-order valence-corrected chi connectivity index (χ4v) is 3.26. The Labute approximate surface area is 175 Å². The Balaban J connectivity index is 1.40. The minimum Gasteiger partial charge on any atom is -0.397 e. The molecule has 0 atom stereocenters. The summed E-state index contributed by atoms with van der Waals surface area (Å²) in [6.45, 7) is 0.695. The van der Waals surface area contributed by atoms with Gasteiger partial charge in [-0.3, -0.25) is 9.48 Å². The zero-order valence-electron chi connectivity index (χ0n) is 16.5. The van der Waals surface area contributed by atoms with Crippen LogP contribution in [-0.2, 0) is 13.0 Å². The Morgan fingerprint density at radius 1 is 0.933 bits per heavy atom. The van der Waals surface area contributed by atoms with Gasteiger partial charge in [0.2, 0.25) is 0 Å². The number of nitrogen functional groups attached to an aromatic ring is 1. The minimum absolute atomic E-state index is 0.263. The second-order valence-electron chi connectivity index (χ2n) is 7.08. The van der Waals surface area contributed by atoms with Gasteiger partial charge in [-0.05, 0) is 41.7 Å². The van der Waals surface area contributed by atoms with Crippen LogP contribution in [0.25, 0.3) is 11.1 Å². The number of carbonyl (C=O) groups excluding carboxylic acids is 1. The maximum atomic E-state index is 12.6. The molecule has 3 aromatic carbocycles. The summed E-state index contributed by atoms with van der Waals surface area (Å²) in [4.78, 5) is 12.6. The normalized spacial score (nSPS) is 10.7. The summed E-state index contributed by atoms with van der Waals surface area (Å²) in [5.41, 5.74) is 10.7. The van der Waals surface area contributed by atoms with E-state index in [1.165, 1.54) is 5.56 Å². The fourth-order valence-electron chi connectivity index (χ4n) is 3.26. The first-order valence-corrected chi connectivity index (χ1v) is 9.89. The summed E-state index contributed by atoms with van der Waals surface area (Å²) in [6.07, 6.45) is 3.53. The topological polar surface area (TPSA) is 85.8 Å². The van der Waals surface area contributed by atoms with Crippen LogP contribution >= 0.6 is 0 Å². The molecule has 0 saturated carbocycles. The third kappa shape index (κ3) is 4.72. The SMILES string of the molecule is Nc1ccc(-c2ccccc2)cc1NC(=O)c1cn(CCCc2ccccc2)nn1. The molecule has 6 nitrogen and oxygen atoms in total. The van der Waals surface area contributed by atoms with Gasteiger partial charge < -0.3 is 11.1 Å². The van der Waals surface area contributed by atoms with E-state index in [2.05, 4.69) is 27.8 Å². The van der Waals surface area contributed by atoms with E-state index in [9.17, 15) is 4.79 Å². The largest absolute Gasteiger partial charge is 0.397 e. The summed E-state index contributed by atoms with van der Waals surface area (Å²) in [7, 11) is 0. The van der Waals surface area contributed by atoms with Crippen molar-refractivity contribution in [3.63, 3.8) is 0 Å². The lowest BCUT2D eigenvalue weighted by molar-refractivity contribution is 0.102. The molecule has 1 heterocycles. The number of nitrogens with one attached hydrogen (secondary N) is 1. The van der Waals surface area contributed by atoms with E-state index in [-0.39, 0.29) is 11.6 Å². The minimum atomic E-state index is -0.332. The number of nitrogens with two attached hydrogens (primary N) is 1. The van der Waals surface area contributed by atoms with Crippen LogP contribution in [0.3, 0.4) is 0 Å². The fraction of sp³-hybridized carbons (Fsp3) is 0.125. The second kappa shape index (κ2) is 9.05. The van der Waals surface area contributed by atoms with Crippen molar-refractivity contribution in [1.82, 2.24) is 15.0 Å². The number of aryl methyl sites for hydroxylation is 2. The number of rotatable bonds is 7. The van der Waals surface area contributed by atoms with Gasteiger partial charge in [0.1, 0.15) is 0 Å². The molecule has 0 radical (unpaired) electrons. The van der Waals surface area contributed by atoms with Crippen molar-refractivity contribution in [2.45, 2.75) is 19.4 Å². The van der Waals surface area contributed by atoms with Crippen LogP contribution in [0.5, 0.6) is 0 Å². The lowest BCUT2D eigenvalue weighted by atomic mass is 10.0. The first-order valence-electron chi connectivity index (χ1n) is 9.89. The molecule has 4 rings (SSSR count). The lowest BCUT2D eigenvalue weighted by Gasteiger charge is -2.09. The van der Waals surface area contributed by atoms with Crippen LogP contribution in [0.4, 0.5) is 11.4 Å². The van der Waals surface area contributed by atoms with E-state index in [1.807, 2.05) is 60.7 Å². The number of hydrogen-bond acceptors (Lipinski definition) is 4. The van der Waals surface area contributed by atoms with Gasteiger partial charge in [-0.15, -0.1) is 5.10 Å². The Morgan fingerprint density at radius 3 is 2.43 bits per heavy atom. The highest BCUT2D eigenvalue weighted by Crippen LogP contribution is 2.27. The summed E-state index contributed by atoms with van der Waals surface area (Å²) in [5.74, 6) is -0.332. The zero-order valence-corrected chi connectivity index (χ0v) is 16.5. The average molecular weight is 397 g/mol. The molecule has 6 heteroatoms. The summed E-state index contributed by atoms with van der Waals surface area (Å²) in [5, 5.41) is 10.9. The molecule has 0 unspecified atom stereocenters. The first kappa shape index (κ1) is 19.4. The number of hydrogen-bond donors (Lipinski definition) is 2. The molecule has 1 amide bonds. The number of benzene rings is 3. The van der Waals surface area contributed by atoms with Gasteiger partial charge in [-0.1, -0.05) is 71.9 Å². The second-order valence-corrected chi connectivity index (χ2v) is 7.08. The molecule has 1 aromatic heterocycles. The van der Waals surface area contributed by atoms with Gasteiger partial charge in [0.25, 0.3) is 5.91 Å². The quantitative estimate of drug-likeness (QED) is 0.452. The summed E-state index contributed by atoms with van der Waals surface area (Å²) < 4.78 is 1.70. The summed E-state index contributed by atoms with van der Waals surface area (Å²) in [6, 6.07) is 25.8. The average Bonchev–Trinajstić information content (AvgIpc) is 3.26. The molecular weight excluding hydrogens is 374 g/mol. The van der Waals surface area contributed by atoms with Gasteiger partial charge in [-0.2, -0.15) is 0 Å². The molecule has 0 fully saturated rings. The lowest BCUT2D eigenvalue weighted by Crippen LogP contribution is -2.13. The van der Waals surface area contributed by atoms with Crippen LogP contribution in [0.2, 0.25) is 0 Å². The Bertz CT molecular complexity index is 1120. The molecule has 0 spiro atoms. The monoisotopic (exact) mass is 397 g/mol. The van der Waals surface area contributed by atoms with E-state index in [1.54, 1.807) is 16.9 Å². The van der Waals surface area contributed by atoms with Gasteiger partial charge in [-0.25, -0.2) is 0 Å². The smallest absolute Gasteiger partial charge is 0.277 e. The number of aromatic nitrogens is 3. The first-order chi connectivity index (χ1) is 14.7. The third-order valence-corrected chi connectivity index (χ3v) is 4.88. The Morgan fingerprint density at radius 2 is 1.67 bits per heavy atom. The van der Waals surface area contributed by atoms with Crippen molar-refractivity contribution in [3.8, 4) is 11.1 Å². The maximum absolute atomic E-state index is 12.6. The third-order valence-electron chi connectivity index (χ3n) is 4.88. The molecule has 4 aromatic rings. The molecule has 0 aliphatic rings. The van der Waals surface area contributed by atoms with Crippen LogP contribution in [0.15, 0.2) is 85.1 Å². The molecule has 150 valence electrons. The Kier molecular flexibility index (Phi) is 5.85. The zero-order chi connectivity index (χ0) is 20.8. The van der Waals surface area contributed by atoms with E-state index < -0.39 is 0 Å².